The molecular formula is C31H31N7O3. The number of aromatic nitrogens is 5. The summed E-state index contributed by atoms with van der Waals surface area (Å²) in [7, 11) is 0. The number of rotatable bonds is 4. The number of nitrogens with one attached hydrogen (secondary N) is 1. The summed E-state index contributed by atoms with van der Waals surface area (Å²) < 4.78 is 5.54. The van der Waals surface area contributed by atoms with Gasteiger partial charge in [-0.1, -0.05) is 24.3 Å². The van der Waals surface area contributed by atoms with E-state index in [0.717, 1.165) is 35.1 Å². The van der Waals surface area contributed by atoms with E-state index < -0.39 is 5.60 Å². The van der Waals surface area contributed by atoms with Gasteiger partial charge in [-0.15, -0.1) is 0 Å². The molecule has 4 aromatic heterocycles. The average molecular weight is 550 g/mol. The normalized spacial score (nSPS) is 14.3. The molecule has 41 heavy (non-hydrogen) atoms. The van der Waals surface area contributed by atoms with Gasteiger partial charge in [0.15, 0.2) is 11.5 Å². The van der Waals surface area contributed by atoms with E-state index >= 15 is 0 Å². The summed E-state index contributed by atoms with van der Waals surface area (Å²) in [6, 6.07) is 15.2. The van der Waals surface area contributed by atoms with Crippen LogP contribution >= 0.6 is 0 Å². The second kappa shape index (κ2) is 10.6. The largest absolute Gasteiger partial charge is 0.444 e. The van der Waals surface area contributed by atoms with Crippen LogP contribution in [0.15, 0.2) is 67.1 Å². The van der Waals surface area contributed by atoms with Gasteiger partial charge in [-0.05, 0) is 56.8 Å². The van der Waals surface area contributed by atoms with Gasteiger partial charge in [0, 0.05) is 61.3 Å². The van der Waals surface area contributed by atoms with Crippen LogP contribution in [0.4, 0.5) is 10.6 Å². The Hall–Kier alpha value is -4.86. The number of nitrogens with zero attached hydrogens (tertiary/aromatic N) is 6. The topological polar surface area (TPSA) is 117 Å². The molecule has 0 saturated carbocycles. The summed E-state index contributed by atoms with van der Waals surface area (Å²) in [4.78, 5) is 51.2. The number of carbonyl (C=O) groups excluding carboxylic acids is 2. The third-order valence-corrected chi connectivity index (χ3v) is 6.98. The highest BCUT2D eigenvalue weighted by Crippen LogP contribution is 2.27. The van der Waals surface area contributed by atoms with Gasteiger partial charge < -0.3 is 19.5 Å². The van der Waals surface area contributed by atoms with Gasteiger partial charge in [0.1, 0.15) is 16.9 Å². The number of hydrogen-bond donors (Lipinski definition) is 1. The summed E-state index contributed by atoms with van der Waals surface area (Å²) in [6.45, 7) is 8.15. The number of benzene rings is 1. The number of aromatic amines is 1. The molecule has 0 atom stereocenters. The lowest BCUT2D eigenvalue weighted by Crippen LogP contribution is -2.39. The molecule has 10 nitrogen and oxygen atoms in total. The number of imidazole rings is 1. The lowest BCUT2D eigenvalue weighted by atomic mass is 10.0. The zero-order valence-electron chi connectivity index (χ0n) is 23.3. The third-order valence-electron chi connectivity index (χ3n) is 6.98. The van der Waals surface area contributed by atoms with E-state index in [0.29, 0.717) is 42.1 Å². The SMILES string of the molecule is CC(C)(C)OC(=O)N1CCCN(c2ccc3nc(C(=O)c4ccnc(-c5cncc6ccccc56)c4)[nH]c3n2)CC1. The van der Waals surface area contributed by atoms with Crippen molar-refractivity contribution in [3.05, 3.63) is 78.5 Å². The molecule has 0 bridgehead atoms. The maximum absolute atomic E-state index is 13.5. The molecule has 0 spiro atoms. The van der Waals surface area contributed by atoms with Crippen molar-refractivity contribution in [3.63, 3.8) is 0 Å². The Morgan fingerprint density at radius 3 is 2.66 bits per heavy atom. The highest BCUT2D eigenvalue weighted by molar-refractivity contribution is 6.08. The van der Waals surface area contributed by atoms with Crippen molar-refractivity contribution in [1.29, 1.82) is 0 Å². The number of amides is 1. The Morgan fingerprint density at radius 2 is 1.80 bits per heavy atom. The first-order valence-electron chi connectivity index (χ1n) is 13.7. The van der Waals surface area contributed by atoms with Crippen LogP contribution in [-0.4, -0.2) is 73.5 Å². The second-order valence-electron chi connectivity index (χ2n) is 11.1. The van der Waals surface area contributed by atoms with Crippen molar-refractivity contribution in [2.24, 2.45) is 0 Å². The van der Waals surface area contributed by atoms with Gasteiger partial charge in [0.25, 0.3) is 0 Å². The molecule has 1 fully saturated rings. The molecule has 0 radical (unpaired) electrons. The maximum Gasteiger partial charge on any atom is 0.410 e. The Kier molecular flexibility index (Phi) is 6.82. The fourth-order valence-electron chi connectivity index (χ4n) is 5.00. The molecule has 0 unspecified atom stereocenters. The van der Waals surface area contributed by atoms with Crippen LogP contribution in [0, 0.1) is 0 Å². The van der Waals surface area contributed by atoms with Crippen molar-refractivity contribution in [1.82, 2.24) is 29.8 Å². The lowest BCUT2D eigenvalue weighted by molar-refractivity contribution is 0.0263. The highest BCUT2D eigenvalue weighted by Gasteiger charge is 2.25. The predicted molar refractivity (Wildman–Crippen MR) is 157 cm³/mol. The van der Waals surface area contributed by atoms with Crippen molar-refractivity contribution in [3.8, 4) is 11.3 Å². The molecule has 10 heteroatoms. The molecule has 1 amide bonds. The molecule has 5 aromatic rings. The summed E-state index contributed by atoms with van der Waals surface area (Å²) in [5, 5.41) is 2.02. The van der Waals surface area contributed by atoms with E-state index in [1.807, 2.05) is 63.4 Å². The number of hydrogen-bond acceptors (Lipinski definition) is 8. The van der Waals surface area contributed by atoms with Crippen molar-refractivity contribution < 1.29 is 14.3 Å². The molecule has 208 valence electrons. The van der Waals surface area contributed by atoms with Crippen LogP contribution in [0.5, 0.6) is 0 Å². The van der Waals surface area contributed by atoms with Crippen LogP contribution in [0.25, 0.3) is 33.2 Å². The Morgan fingerprint density at radius 1 is 0.951 bits per heavy atom. The standard InChI is InChI=1S/C31H31N7O3/c1-31(2,3)41-30(40)38-14-6-13-37(15-16-38)26-10-9-24-28(35-26)36-29(34-24)27(39)20-11-12-33-25(17-20)23-19-32-18-21-7-4-5-8-22(21)23/h4-5,7-12,17-19H,6,13-16H2,1-3H3,(H,34,35,36). The summed E-state index contributed by atoms with van der Waals surface area (Å²) in [5.41, 5.74) is 2.60. The number of fused-ring (bicyclic) bond motifs is 2. The average Bonchev–Trinajstić information content (AvgIpc) is 3.23. The van der Waals surface area contributed by atoms with Gasteiger partial charge in [-0.3, -0.25) is 14.8 Å². The fourth-order valence-corrected chi connectivity index (χ4v) is 5.00. The smallest absolute Gasteiger partial charge is 0.410 e. The minimum Gasteiger partial charge on any atom is -0.444 e. The first kappa shape index (κ1) is 26.4. The Labute approximate surface area is 237 Å². The minimum atomic E-state index is -0.531. The Balaban J connectivity index is 1.21. The van der Waals surface area contributed by atoms with Crippen molar-refractivity contribution in [2.75, 3.05) is 31.1 Å². The summed E-state index contributed by atoms with van der Waals surface area (Å²) >= 11 is 0. The number of H-pyrrole nitrogens is 1. The first-order chi connectivity index (χ1) is 19.7. The number of carbonyl (C=O) groups is 2. The first-order valence-corrected chi connectivity index (χ1v) is 13.7. The van der Waals surface area contributed by atoms with Crippen LogP contribution in [0.1, 0.15) is 43.4 Å². The van der Waals surface area contributed by atoms with E-state index in [1.54, 1.807) is 29.4 Å². The molecule has 0 aliphatic carbocycles. The molecule has 1 aliphatic rings. The molecule has 1 aromatic carbocycles. The number of anilines is 1. The van der Waals surface area contributed by atoms with Gasteiger partial charge in [-0.2, -0.15) is 0 Å². The molecule has 1 aliphatic heterocycles. The van der Waals surface area contributed by atoms with Crippen LogP contribution in [-0.2, 0) is 4.74 Å². The maximum atomic E-state index is 13.5. The minimum absolute atomic E-state index is 0.213. The van der Waals surface area contributed by atoms with Gasteiger partial charge in [-0.25, -0.2) is 14.8 Å². The van der Waals surface area contributed by atoms with E-state index in [9.17, 15) is 9.59 Å². The van der Waals surface area contributed by atoms with Gasteiger partial charge in [0.05, 0.1) is 5.69 Å². The quantitative estimate of drug-likeness (QED) is 0.302. The van der Waals surface area contributed by atoms with Crippen molar-refractivity contribution in [2.45, 2.75) is 32.8 Å². The Bertz CT molecular complexity index is 1750. The highest BCUT2D eigenvalue weighted by atomic mass is 16.6. The fraction of sp³-hybridized carbons (Fsp3) is 0.290. The van der Waals surface area contributed by atoms with E-state index in [1.165, 1.54) is 0 Å². The van der Waals surface area contributed by atoms with Gasteiger partial charge >= 0.3 is 6.09 Å². The van der Waals surface area contributed by atoms with Crippen molar-refractivity contribution >= 4 is 39.6 Å². The molecule has 1 N–H and O–H groups in total. The van der Waals surface area contributed by atoms with Crippen LogP contribution < -0.4 is 4.90 Å². The van der Waals surface area contributed by atoms with Crippen LogP contribution in [0.3, 0.4) is 0 Å². The van der Waals surface area contributed by atoms with E-state index in [2.05, 4.69) is 24.8 Å². The van der Waals surface area contributed by atoms with Gasteiger partial charge in [0.2, 0.25) is 5.78 Å². The van der Waals surface area contributed by atoms with E-state index in [4.69, 9.17) is 9.72 Å². The predicted octanol–water partition coefficient (Wildman–Crippen LogP) is 5.25. The second-order valence-corrected chi connectivity index (χ2v) is 11.1. The van der Waals surface area contributed by atoms with E-state index in [-0.39, 0.29) is 17.7 Å². The van der Waals surface area contributed by atoms with Crippen LogP contribution in [0.2, 0.25) is 0 Å². The molecule has 1 saturated heterocycles. The lowest BCUT2D eigenvalue weighted by Gasteiger charge is -2.26. The number of pyridine rings is 3. The zero-order chi connectivity index (χ0) is 28.6. The molecule has 5 heterocycles. The summed E-state index contributed by atoms with van der Waals surface area (Å²) in [5.74, 6) is 0.731. The molecular weight excluding hydrogens is 518 g/mol. The number of ether oxygens (including phenoxy) is 1. The zero-order valence-corrected chi connectivity index (χ0v) is 23.3. The summed E-state index contributed by atoms with van der Waals surface area (Å²) in [6.07, 6.45) is 5.70. The monoisotopic (exact) mass is 549 g/mol. The molecule has 6 rings (SSSR count). The number of ketones is 1. The third kappa shape index (κ3) is 5.58.